The average molecular weight is 535 g/mol. The number of amides is 4. The number of aliphatic hydroxyl groups excluding tert-OH is 1. The molecule has 5 unspecified atom stereocenters. The number of nitrogens with one attached hydrogen (secondary N) is 4. The molecule has 0 fully saturated rings. The summed E-state index contributed by atoms with van der Waals surface area (Å²) in [6.07, 6.45) is -1.47. The van der Waals surface area contributed by atoms with Crippen molar-refractivity contribution in [2.75, 3.05) is 0 Å². The maximum absolute atomic E-state index is 13.2. The highest BCUT2D eigenvalue weighted by Crippen LogP contribution is 2.19. The van der Waals surface area contributed by atoms with Gasteiger partial charge in [0, 0.05) is 23.5 Å². The van der Waals surface area contributed by atoms with Crippen molar-refractivity contribution in [3.63, 3.8) is 0 Å². The van der Waals surface area contributed by atoms with Crippen molar-refractivity contribution in [2.24, 2.45) is 11.5 Å². The van der Waals surface area contributed by atoms with Crippen LogP contribution in [0.3, 0.4) is 0 Å². The van der Waals surface area contributed by atoms with Crippen molar-refractivity contribution >= 4 is 46.5 Å². The Morgan fingerprint density at radius 2 is 1.55 bits per heavy atom. The first-order chi connectivity index (χ1) is 17.8. The van der Waals surface area contributed by atoms with E-state index >= 15 is 0 Å². The second-order valence-electron chi connectivity index (χ2n) is 8.63. The number of para-hydroxylation sites is 1. The van der Waals surface area contributed by atoms with Crippen LogP contribution < -0.4 is 27.4 Å². The molecule has 0 aliphatic carbocycles. The molecular formula is C23H30N6O9. The quantitative estimate of drug-likeness (QED) is 0.121. The van der Waals surface area contributed by atoms with Crippen LogP contribution in [0, 0.1) is 0 Å². The van der Waals surface area contributed by atoms with Gasteiger partial charge in [0.05, 0.1) is 25.0 Å². The fourth-order valence-corrected chi connectivity index (χ4v) is 3.61. The smallest absolute Gasteiger partial charge is 0.326 e. The summed E-state index contributed by atoms with van der Waals surface area (Å²) in [5.74, 6) is -6.96. The van der Waals surface area contributed by atoms with Crippen LogP contribution in [0.15, 0.2) is 30.5 Å². The zero-order valence-electron chi connectivity index (χ0n) is 20.3. The maximum atomic E-state index is 13.2. The monoisotopic (exact) mass is 534 g/mol. The van der Waals surface area contributed by atoms with Gasteiger partial charge >= 0.3 is 11.9 Å². The van der Waals surface area contributed by atoms with E-state index in [9.17, 15) is 39.0 Å². The molecule has 11 N–H and O–H groups in total. The second kappa shape index (κ2) is 13.2. The standard InChI is InChI=1S/C23H30N6O9/c1-10(30)19(22(36)28-16(23(37)38)8-18(32)33)29-21(35)15(27-20(34)13(24)7-17(25)31)6-11-9-26-14-5-3-2-4-12(11)14/h2-5,9-10,13,15-16,19,26,30H,6-8,24H2,1H3,(H2,25,31)(H,27,34)(H,28,36)(H,29,35)(H,32,33)(H,37,38). The highest BCUT2D eigenvalue weighted by Gasteiger charge is 2.33. The molecule has 15 nitrogen and oxygen atoms in total. The number of carboxylic acid groups (broad SMARTS) is 2. The van der Waals surface area contributed by atoms with Crippen LogP contribution in [-0.4, -0.2) is 86.1 Å². The third-order valence-corrected chi connectivity index (χ3v) is 5.55. The molecule has 0 aliphatic rings. The number of aromatic nitrogens is 1. The Morgan fingerprint density at radius 3 is 2.13 bits per heavy atom. The summed E-state index contributed by atoms with van der Waals surface area (Å²) in [5, 5.41) is 35.5. The molecule has 15 heteroatoms. The number of carbonyl (C=O) groups is 6. The van der Waals surface area contributed by atoms with E-state index in [-0.39, 0.29) is 6.42 Å². The first kappa shape index (κ1) is 29.7. The molecule has 0 saturated carbocycles. The van der Waals surface area contributed by atoms with Crippen molar-refractivity contribution in [2.45, 2.75) is 56.5 Å². The number of primary amides is 1. The third-order valence-electron chi connectivity index (χ3n) is 5.55. The minimum absolute atomic E-state index is 0.101. The highest BCUT2D eigenvalue weighted by molar-refractivity contribution is 5.96. The summed E-state index contributed by atoms with van der Waals surface area (Å²) in [4.78, 5) is 74.9. The molecule has 0 bridgehead atoms. The van der Waals surface area contributed by atoms with Crippen LogP contribution >= 0.6 is 0 Å². The van der Waals surface area contributed by atoms with E-state index < -0.39 is 78.7 Å². The summed E-state index contributed by atoms with van der Waals surface area (Å²) in [6, 6.07) is 0.860. The minimum atomic E-state index is -1.83. The molecule has 0 aliphatic heterocycles. The summed E-state index contributed by atoms with van der Waals surface area (Å²) in [6.45, 7) is 1.15. The lowest BCUT2D eigenvalue weighted by atomic mass is 10.0. The number of aliphatic carboxylic acids is 2. The predicted molar refractivity (Wildman–Crippen MR) is 131 cm³/mol. The number of rotatable bonds is 14. The summed E-state index contributed by atoms with van der Waals surface area (Å²) in [7, 11) is 0. The van der Waals surface area contributed by atoms with Gasteiger partial charge in [-0.2, -0.15) is 0 Å². The van der Waals surface area contributed by atoms with Crippen molar-refractivity contribution in [1.29, 1.82) is 0 Å². The molecule has 0 saturated heterocycles. The number of aromatic amines is 1. The molecule has 2 aromatic rings. The molecule has 0 radical (unpaired) electrons. The second-order valence-corrected chi connectivity index (χ2v) is 8.63. The Bertz CT molecular complexity index is 1210. The van der Waals surface area contributed by atoms with Crippen LogP contribution in [0.5, 0.6) is 0 Å². The fourth-order valence-electron chi connectivity index (χ4n) is 3.61. The molecule has 206 valence electrons. The number of H-pyrrole nitrogens is 1. The Morgan fingerprint density at radius 1 is 0.921 bits per heavy atom. The molecule has 1 aromatic heterocycles. The topological polar surface area (TPSA) is 267 Å². The van der Waals surface area contributed by atoms with Gasteiger partial charge < -0.3 is 47.7 Å². The molecule has 1 heterocycles. The van der Waals surface area contributed by atoms with Crippen LogP contribution in [-0.2, 0) is 35.2 Å². The number of benzene rings is 1. The number of carboxylic acids is 2. The van der Waals surface area contributed by atoms with E-state index in [2.05, 4.69) is 15.6 Å². The maximum Gasteiger partial charge on any atom is 0.326 e. The van der Waals surface area contributed by atoms with Gasteiger partial charge in [-0.3, -0.25) is 24.0 Å². The third kappa shape index (κ3) is 8.28. The average Bonchev–Trinajstić information content (AvgIpc) is 3.23. The Hall–Kier alpha value is -4.50. The first-order valence-corrected chi connectivity index (χ1v) is 11.4. The molecule has 4 amide bonds. The molecule has 5 atom stereocenters. The first-order valence-electron chi connectivity index (χ1n) is 11.4. The van der Waals surface area contributed by atoms with Crippen LogP contribution in [0.25, 0.3) is 10.9 Å². The van der Waals surface area contributed by atoms with Gasteiger partial charge in [0.2, 0.25) is 23.6 Å². The zero-order valence-corrected chi connectivity index (χ0v) is 20.3. The highest BCUT2D eigenvalue weighted by atomic mass is 16.4. The van der Waals surface area contributed by atoms with Crippen molar-refractivity contribution < 1.29 is 44.1 Å². The van der Waals surface area contributed by atoms with Crippen molar-refractivity contribution in [3.05, 3.63) is 36.0 Å². The van der Waals surface area contributed by atoms with Crippen molar-refractivity contribution in [3.8, 4) is 0 Å². The lowest BCUT2D eigenvalue weighted by molar-refractivity contribution is -0.148. The van der Waals surface area contributed by atoms with E-state index in [0.29, 0.717) is 5.56 Å². The van der Waals surface area contributed by atoms with E-state index in [1.165, 1.54) is 0 Å². The normalized spacial score (nSPS) is 14.9. The molecule has 0 spiro atoms. The van der Waals surface area contributed by atoms with Gasteiger partial charge in [0.1, 0.15) is 18.1 Å². The van der Waals surface area contributed by atoms with E-state index in [1.807, 2.05) is 5.32 Å². The lowest BCUT2D eigenvalue weighted by Gasteiger charge is -2.26. The van der Waals surface area contributed by atoms with Crippen molar-refractivity contribution in [1.82, 2.24) is 20.9 Å². The number of fused-ring (bicyclic) bond motifs is 1. The molecule has 2 rings (SSSR count). The number of nitrogens with two attached hydrogens (primary N) is 2. The Kier molecular flexibility index (Phi) is 10.3. The fraction of sp³-hybridized carbons (Fsp3) is 0.391. The predicted octanol–water partition coefficient (Wildman–Crippen LogP) is -2.69. The van der Waals surface area contributed by atoms with Crippen LogP contribution in [0.4, 0.5) is 0 Å². The molecule has 38 heavy (non-hydrogen) atoms. The SMILES string of the molecule is CC(O)C(NC(=O)C(Cc1c[nH]c2ccccc12)NC(=O)C(N)CC(N)=O)C(=O)NC(CC(=O)O)C(=O)O. The van der Waals surface area contributed by atoms with E-state index in [1.54, 1.807) is 30.5 Å². The van der Waals surface area contributed by atoms with E-state index in [4.69, 9.17) is 16.6 Å². The summed E-state index contributed by atoms with van der Waals surface area (Å²) in [5.41, 5.74) is 12.1. The number of carbonyl (C=O) groups excluding carboxylic acids is 4. The van der Waals surface area contributed by atoms with E-state index in [0.717, 1.165) is 17.8 Å². The largest absolute Gasteiger partial charge is 0.481 e. The van der Waals surface area contributed by atoms with Gasteiger partial charge in [-0.25, -0.2) is 4.79 Å². The Labute approximate surface area is 215 Å². The number of hydrogen-bond acceptors (Lipinski definition) is 8. The summed E-state index contributed by atoms with van der Waals surface area (Å²) < 4.78 is 0. The van der Waals surface area contributed by atoms with Gasteiger partial charge in [-0.05, 0) is 18.6 Å². The Balaban J connectivity index is 2.29. The summed E-state index contributed by atoms with van der Waals surface area (Å²) >= 11 is 0. The zero-order chi connectivity index (χ0) is 28.6. The number of hydrogen-bond donors (Lipinski definition) is 9. The van der Waals surface area contributed by atoms with Gasteiger partial charge in [-0.1, -0.05) is 18.2 Å². The van der Waals surface area contributed by atoms with Crippen LogP contribution in [0.2, 0.25) is 0 Å². The molecular weight excluding hydrogens is 504 g/mol. The number of aliphatic hydroxyl groups is 1. The van der Waals surface area contributed by atoms with Gasteiger partial charge in [0.25, 0.3) is 0 Å². The molecule has 1 aromatic carbocycles. The van der Waals surface area contributed by atoms with Gasteiger partial charge in [0.15, 0.2) is 0 Å². The lowest BCUT2D eigenvalue weighted by Crippen LogP contribution is -2.60. The van der Waals surface area contributed by atoms with Gasteiger partial charge in [-0.15, -0.1) is 0 Å². The minimum Gasteiger partial charge on any atom is -0.481 e. The van der Waals surface area contributed by atoms with Crippen LogP contribution in [0.1, 0.15) is 25.3 Å².